The van der Waals surface area contributed by atoms with E-state index in [1.807, 2.05) is 18.2 Å². The van der Waals surface area contributed by atoms with Crippen LogP contribution in [0.25, 0.3) is 0 Å². The zero-order valence-corrected chi connectivity index (χ0v) is 47.4. The Hall–Kier alpha value is -5.14. The van der Waals surface area contributed by atoms with E-state index in [0.29, 0.717) is 19.3 Å². The van der Waals surface area contributed by atoms with E-state index in [0.717, 1.165) is 116 Å². The second-order valence-electron chi connectivity index (χ2n) is 19.2. The third kappa shape index (κ3) is 41.6. The zero-order chi connectivity index (χ0) is 56.1. The van der Waals surface area contributed by atoms with Gasteiger partial charge in [-0.25, -0.2) is 4.79 Å². The van der Waals surface area contributed by atoms with Gasteiger partial charge in [0, 0.05) is 12.8 Å². The summed E-state index contributed by atoms with van der Waals surface area (Å²) < 4.78 is 28.2. The van der Waals surface area contributed by atoms with E-state index in [9.17, 15) is 34.5 Å². The van der Waals surface area contributed by atoms with Gasteiger partial charge < -0.3 is 39.0 Å². The van der Waals surface area contributed by atoms with Crippen molar-refractivity contribution in [2.75, 3.05) is 13.2 Å². The number of allylic oxidation sites excluding steroid dienone is 21. The maximum absolute atomic E-state index is 13.1. The van der Waals surface area contributed by atoms with Crippen molar-refractivity contribution in [3.05, 3.63) is 134 Å². The first-order chi connectivity index (χ1) is 37.6. The molecule has 0 aromatic rings. The highest BCUT2D eigenvalue weighted by Crippen LogP contribution is 2.26. The van der Waals surface area contributed by atoms with Crippen LogP contribution in [0.5, 0.6) is 0 Å². The first-order valence-electron chi connectivity index (χ1n) is 29.2. The van der Waals surface area contributed by atoms with E-state index in [2.05, 4.69) is 130 Å². The molecule has 1 fully saturated rings. The Morgan fingerprint density at radius 2 is 0.857 bits per heavy atom. The lowest BCUT2D eigenvalue weighted by atomic mass is 9.98. The number of aliphatic hydroxyl groups excluding tert-OH is 2. The Labute approximate surface area is 464 Å². The summed E-state index contributed by atoms with van der Waals surface area (Å²) in [5, 5.41) is 31.4. The van der Waals surface area contributed by atoms with Gasteiger partial charge in [0.2, 0.25) is 0 Å². The number of rotatable bonds is 47. The quantitative estimate of drug-likeness (QED) is 0.0228. The van der Waals surface area contributed by atoms with E-state index in [1.165, 1.54) is 25.7 Å². The van der Waals surface area contributed by atoms with Crippen LogP contribution < -0.4 is 0 Å². The van der Waals surface area contributed by atoms with Gasteiger partial charge in [0.1, 0.15) is 18.8 Å². The van der Waals surface area contributed by atoms with Crippen LogP contribution in [-0.2, 0) is 42.9 Å². The number of aliphatic carboxylic acids is 1. The van der Waals surface area contributed by atoms with Crippen LogP contribution in [0.4, 0.5) is 0 Å². The van der Waals surface area contributed by atoms with Crippen molar-refractivity contribution in [2.24, 2.45) is 0 Å². The van der Waals surface area contributed by atoms with E-state index < -0.39 is 67.3 Å². The van der Waals surface area contributed by atoms with Crippen molar-refractivity contribution >= 4 is 23.9 Å². The monoisotopic (exact) mass is 1070 g/mol. The van der Waals surface area contributed by atoms with E-state index in [-0.39, 0.29) is 25.9 Å². The number of carboxylic acids is 1. The third-order valence-corrected chi connectivity index (χ3v) is 12.2. The first kappa shape index (κ1) is 69.9. The highest BCUT2D eigenvalue weighted by molar-refractivity contribution is 5.74. The predicted molar refractivity (Wildman–Crippen MR) is 312 cm³/mol. The minimum Gasteiger partial charge on any atom is -0.479 e. The van der Waals surface area contributed by atoms with Gasteiger partial charge >= 0.3 is 23.9 Å². The SMILES string of the molecule is CC/C=C\C/C=C\C/C=C\C/C=C\C/C=C\CCCCCC(=O)OCC(COC1OC(C(=O)O)C(O)C(O)C1OC(=O)CCCCCCC/C=C\CCCCCC)OC(=O)C/C=C\C/C=C\C/C=C\C/C=C\C/C=C\CC. The van der Waals surface area contributed by atoms with Gasteiger partial charge in [-0.2, -0.15) is 0 Å². The van der Waals surface area contributed by atoms with Gasteiger partial charge in [-0.05, 0) is 116 Å². The standard InChI is InChI=1S/C65H100O12/c1-4-7-10-13-16-19-22-25-27-28-29-30-32-34-36-39-42-45-48-51-57(66)73-54-56(75-58(67)52-49-46-43-40-38-35-31-26-23-20-17-14-11-8-5-2)55-74-65-63(61(70)60(69)62(77-65)64(71)72)76-59(68)53-50-47-44-41-37-33-24-21-18-15-12-9-6-3/h7-8,10-11,16-17,19-21,24-27,29-31,34,36,38,40,46,49,56,60-63,65,69-70H,4-6,9,12-15,18,22-23,28,32-33,35,37,39,41-45,47-48,50-55H2,1-3H3,(H,71,72)/b10-7-,11-8-,19-16-,20-17-,24-21-,27-25-,30-29-,31-26-,36-34-,40-38-,49-46-. The number of ether oxygens (including phenoxy) is 5. The highest BCUT2D eigenvalue weighted by atomic mass is 16.7. The minimum atomic E-state index is -1.93. The molecule has 1 aliphatic heterocycles. The Morgan fingerprint density at radius 1 is 0.455 bits per heavy atom. The molecule has 0 bridgehead atoms. The summed E-state index contributed by atoms with van der Waals surface area (Å²) in [6.45, 7) is 5.61. The molecule has 3 N–H and O–H groups in total. The van der Waals surface area contributed by atoms with Crippen LogP contribution in [0.15, 0.2) is 134 Å². The fraction of sp³-hybridized carbons (Fsp3) is 0.600. The summed E-state index contributed by atoms with van der Waals surface area (Å²) in [6.07, 6.45) is 60.2. The van der Waals surface area contributed by atoms with Crippen molar-refractivity contribution in [3.63, 3.8) is 0 Å². The summed E-state index contributed by atoms with van der Waals surface area (Å²) in [7, 11) is 0. The second-order valence-corrected chi connectivity index (χ2v) is 19.2. The molecule has 0 saturated carbocycles. The highest BCUT2D eigenvalue weighted by Gasteiger charge is 2.50. The molecule has 12 heteroatoms. The lowest BCUT2D eigenvalue weighted by molar-refractivity contribution is -0.301. The molecule has 0 amide bonds. The number of hydrogen-bond acceptors (Lipinski definition) is 11. The molecule has 12 nitrogen and oxygen atoms in total. The minimum absolute atomic E-state index is 0.0292. The van der Waals surface area contributed by atoms with Crippen LogP contribution in [0.3, 0.4) is 0 Å². The summed E-state index contributed by atoms with van der Waals surface area (Å²) in [6, 6.07) is 0. The molecular formula is C65H100O12. The number of carboxylic acid groups (broad SMARTS) is 1. The lowest BCUT2D eigenvalue weighted by Crippen LogP contribution is -2.61. The average molecular weight is 1070 g/mol. The zero-order valence-electron chi connectivity index (χ0n) is 47.4. The Bertz CT molecular complexity index is 1850. The van der Waals surface area contributed by atoms with E-state index in [1.54, 1.807) is 6.08 Å². The molecule has 0 radical (unpaired) electrons. The summed E-state index contributed by atoms with van der Waals surface area (Å²) in [5.74, 6) is -3.37. The molecule has 0 aromatic carbocycles. The molecule has 0 spiro atoms. The fourth-order valence-corrected chi connectivity index (χ4v) is 7.82. The average Bonchev–Trinajstić information content (AvgIpc) is 3.42. The van der Waals surface area contributed by atoms with Gasteiger partial charge in [0.05, 0.1) is 13.0 Å². The Morgan fingerprint density at radius 3 is 1.34 bits per heavy atom. The maximum atomic E-state index is 13.1. The molecule has 1 heterocycles. The van der Waals surface area contributed by atoms with Gasteiger partial charge in [-0.15, -0.1) is 0 Å². The second kappa shape index (κ2) is 51.6. The van der Waals surface area contributed by atoms with Crippen molar-refractivity contribution < 1.29 is 58.2 Å². The van der Waals surface area contributed by atoms with Crippen molar-refractivity contribution in [1.29, 1.82) is 0 Å². The molecule has 6 unspecified atom stereocenters. The van der Waals surface area contributed by atoms with Gasteiger partial charge in [0.15, 0.2) is 24.6 Å². The van der Waals surface area contributed by atoms with Crippen LogP contribution in [0.2, 0.25) is 0 Å². The molecule has 1 saturated heterocycles. The molecule has 1 aliphatic rings. The maximum Gasteiger partial charge on any atom is 0.335 e. The van der Waals surface area contributed by atoms with Gasteiger partial charge in [-0.1, -0.05) is 199 Å². The normalized spacial score (nSPS) is 19.0. The molecule has 6 atom stereocenters. The number of unbranched alkanes of at least 4 members (excludes halogenated alkanes) is 12. The van der Waals surface area contributed by atoms with Gasteiger partial charge in [-0.3, -0.25) is 14.4 Å². The van der Waals surface area contributed by atoms with Crippen molar-refractivity contribution in [1.82, 2.24) is 0 Å². The van der Waals surface area contributed by atoms with Gasteiger partial charge in [0.25, 0.3) is 0 Å². The largest absolute Gasteiger partial charge is 0.479 e. The van der Waals surface area contributed by atoms with Crippen LogP contribution in [0, 0.1) is 0 Å². The number of aliphatic hydroxyl groups is 2. The van der Waals surface area contributed by atoms with Crippen LogP contribution in [-0.4, -0.2) is 89.2 Å². The summed E-state index contributed by atoms with van der Waals surface area (Å²) in [4.78, 5) is 51.0. The molecule has 77 heavy (non-hydrogen) atoms. The molecule has 1 rings (SSSR count). The van der Waals surface area contributed by atoms with Crippen LogP contribution >= 0.6 is 0 Å². The van der Waals surface area contributed by atoms with E-state index in [4.69, 9.17) is 23.7 Å². The smallest absolute Gasteiger partial charge is 0.335 e. The van der Waals surface area contributed by atoms with Crippen molar-refractivity contribution in [3.8, 4) is 0 Å². The lowest BCUT2D eigenvalue weighted by Gasteiger charge is -2.40. The molecule has 0 aliphatic carbocycles. The van der Waals surface area contributed by atoms with Crippen LogP contribution in [0.1, 0.15) is 201 Å². The van der Waals surface area contributed by atoms with Crippen molar-refractivity contribution in [2.45, 2.75) is 237 Å². The topological polar surface area (TPSA) is 175 Å². The Balaban J connectivity index is 2.78. The third-order valence-electron chi connectivity index (χ3n) is 12.2. The molecule has 0 aromatic heterocycles. The Kier molecular flexibility index (Phi) is 46.8. The number of esters is 3. The van der Waals surface area contributed by atoms with E-state index >= 15 is 0 Å². The predicted octanol–water partition coefficient (Wildman–Crippen LogP) is 15.0. The first-order valence-corrected chi connectivity index (χ1v) is 29.2. The fourth-order valence-electron chi connectivity index (χ4n) is 7.82. The number of carbonyl (C=O) groups is 4. The molecular weight excluding hydrogens is 973 g/mol. The molecule has 432 valence electrons. The number of hydrogen-bond donors (Lipinski definition) is 3. The summed E-state index contributed by atoms with van der Waals surface area (Å²) >= 11 is 0. The number of carbonyl (C=O) groups excluding carboxylic acids is 3. The summed E-state index contributed by atoms with van der Waals surface area (Å²) in [5.41, 5.74) is 0.